The van der Waals surface area contributed by atoms with Crippen LogP contribution in [0, 0.1) is 0 Å². The highest BCUT2D eigenvalue weighted by molar-refractivity contribution is 6.33. The summed E-state index contributed by atoms with van der Waals surface area (Å²) in [7, 11) is 0. The van der Waals surface area contributed by atoms with Gasteiger partial charge >= 0.3 is 5.97 Å². The first-order valence-corrected chi connectivity index (χ1v) is 7.04. The van der Waals surface area contributed by atoms with Crippen LogP contribution < -0.4 is 0 Å². The zero-order chi connectivity index (χ0) is 14.8. The molecule has 1 aliphatic carbocycles. The average Bonchev–Trinajstić information content (AvgIpc) is 3.19. The van der Waals surface area contributed by atoms with Crippen molar-refractivity contribution in [2.45, 2.75) is 25.4 Å². The van der Waals surface area contributed by atoms with E-state index in [1.807, 2.05) is 17.0 Å². The number of hydrogen-bond donors (Lipinski definition) is 1. The Morgan fingerprint density at radius 3 is 2.86 bits per heavy atom. The lowest BCUT2D eigenvalue weighted by molar-refractivity contribution is -0.138. The maximum absolute atomic E-state index is 10.9. The lowest BCUT2D eigenvalue weighted by Crippen LogP contribution is -2.31. The van der Waals surface area contributed by atoms with Gasteiger partial charge in [0.2, 0.25) is 0 Å². The molecule has 0 radical (unpaired) electrons. The van der Waals surface area contributed by atoms with Crippen molar-refractivity contribution in [2.75, 3.05) is 6.54 Å². The Morgan fingerprint density at radius 1 is 1.43 bits per heavy atom. The van der Waals surface area contributed by atoms with E-state index in [4.69, 9.17) is 21.2 Å². The third-order valence-corrected chi connectivity index (χ3v) is 3.65. The van der Waals surface area contributed by atoms with Gasteiger partial charge < -0.3 is 9.63 Å². The van der Waals surface area contributed by atoms with Gasteiger partial charge in [-0.05, 0) is 25.0 Å². The molecule has 110 valence electrons. The van der Waals surface area contributed by atoms with Crippen LogP contribution in [0.4, 0.5) is 0 Å². The SMILES string of the molecule is O=C(O)CN(Cc1noc(-c2ccccc2Cl)n1)C1CC1. The molecule has 21 heavy (non-hydrogen) atoms. The minimum Gasteiger partial charge on any atom is -0.480 e. The van der Waals surface area contributed by atoms with E-state index in [9.17, 15) is 4.79 Å². The van der Waals surface area contributed by atoms with E-state index in [1.54, 1.807) is 12.1 Å². The number of carboxylic acids is 1. The van der Waals surface area contributed by atoms with Crippen molar-refractivity contribution in [1.82, 2.24) is 15.0 Å². The number of rotatable bonds is 6. The largest absolute Gasteiger partial charge is 0.480 e. The van der Waals surface area contributed by atoms with Crippen LogP contribution in [-0.2, 0) is 11.3 Å². The van der Waals surface area contributed by atoms with Gasteiger partial charge in [0.1, 0.15) is 0 Å². The maximum Gasteiger partial charge on any atom is 0.317 e. The Balaban J connectivity index is 1.75. The quantitative estimate of drug-likeness (QED) is 0.883. The van der Waals surface area contributed by atoms with Crippen molar-refractivity contribution in [3.63, 3.8) is 0 Å². The molecule has 3 rings (SSSR count). The second-order valence-electron chi connectivity index (χ2n) is 5.03. The summed E-state index contributed by atoms with van der Waals surface area (Å²) in [6, 6.07) is 7.52. The van der Waals surface area contributed by atoms with E-state index in [-0.39, 0.29) is 6.54 Å². The molecule has 0 aliphatic heterocycles. The van der Waals surface area contributed by atoms with Gasteiger partial charge in [-0.2, -0.15) is 4.98 Å². The topological polar surface area (TPSA) is 79.5 Å². The molecule has 0 unspecified atom stereocenters. The highest BCUT2D eigenvalue weighted by Gasteiger charge is 2.31. The van der Waals surface area contributed by atoms with E-state index >= 15 is 0 Å². The molecule has 0 bridgehead atoms. The summed E-state index contributed by atoms with van der Waals surface area (Å²) in [6.07, 6.45) is 2.03. The van der Waals surface area contributed by atoms with Gasteiger partial charge in [-0.25, -0.2) is 0 Å². The predicted molar refractivity (Wildman–Crippen MR) is 75.8 cm³/mol. The molecule has 0 atom stereocenters. The Bertz CT molecular complexity index is 654. The number of aliphatic carboxylic acids is 1. The second kappa shape index (κ2) is 5.83. The third kappa shape index (κ3) is 3.40. The third-order valence-electron chi connectivity index (χ3n) is 3.32. The molecule has 1 aromatic heterocycles. The van der Waals surface area contributed by atoms with Gasteiger partial charge in [0.25, 0.3) is 5.89 Å². The molecule has 0 spiro atoms. The smallest absolute Gasteiger partial charge is 0.317 e. The molecule has 6 nitrogen and oxygen atoms in total. The molecule has 1 aromatic carbocycles. The predicted octanol–water partition coefficient (Wildman–Crippen LogP) is 2.44. The Hall–Kier alpha value is -1.92. The molecule has 1 fully saturated rings. The van der Waals surface area contributed by atoms with Gasteiger partial charge in [0.05, 0.1) is 23.7 Å². The fourth-order valence-corrected chi connectivity index (χ4v) is 2.39. The van der Waals surface area contributed by atoms with Gasteiger partial charge in [-0.15, -0.1) is 0 Å². The van der Waals surface area contributed by atoms with Crippen LogP contribution in [0.15, 0.2) is 28.8 Å². The van der Waals surface area contributed by atoms with E-state index in [1.165, 1.54) is 0 Å². The van der Waals surface area contributed by atoms with Crippen molar-refractivity contribution in [1.29, 1.82) is 0 Å². The summed E-state index contributed by atoms with van der Waals surface area (Å²) in [4.78, 5) is 17.0. The van der Waals surface area contributed by atoms with Crippen LogP contribution in [-0.4, -0.2) is 38.7 Å². The van der Waals surface area contributed by atoms with Crippen LogP contribution in [0.2, 0.25) is 5.02 Å². The Kier molecular flexibility index (Phi) is 3.90. The molecule has 0 saturated heterocycles. The first-order chi connectivity index (χ1) is 10.1. The highest BCUT2D eigenvalue weighted by Crippen LogP contribution is 2.29. The van der Waals surface area contributed by atoms with Crippen molar-refractivity contribution in [3.05, 3.63) is 35.1 Å². The van der Waals surface area contributed by atoms with Gasteiger partial charge in [-0.3, -0.25) is 9.69 Å². The normalized spacial score (nSPS) is 14.6. The first kappa shape index (κ1) is 14.0. The molecule has 2 aromatic rings. The number of halogens is 1. The van der Waals surface area contributed by atoms with Crippen molar-refractivity contribution in [2.24, 2.45) is 0 Å². The maximum atomic E-state index is 10.9. The molecule has 7 heteroatoms. The summed E-state index contributed by atoms with van der Waals surface area (Å²) in [6.45, 7) is 0.353. The summed E-state index contributed by atoms with van der Waals surface area (Å²) in [5.74, 6) is -0.0311. The van der Waals surface area contributed by atoms with E-state index in [2.05, 4.69) is 10.1 Å². The molecule has 1 heterocycles. The standard InChI is InChI=1S/C14H14ClN3O3/c15-11-4-2-1-3-10(11)14-16-12(17-21-14)7-18(8-13(19)20)9-5-6-9/h1-4,9H,5-8H2,(H,19,20). The molecular weight excluding hydrogens is 294 g/mol. The summed E-state index contributed by atoms with van der Waals surface area (Å²) < 4.78 is 5.22. The summed E-state index contributed by atoms with van der Waals surface area (Å²) in [5, 5.41) is 13.4. The molecule has 1 saturated carbocycles. The number of carbonyl (C=O) groups is 1. The molecule has 1 aliphatic rings. The minimum atomic E-state index is -0.850. The number of aromatic nitrogens is 2. The van der Waals surface area contributed by atoms with Crippen LogP contribution in [0.25, 0.3) is 11.5 Å². The van der Waals surface area contributed by atoms with Crippen LogP contribution in [0.1, 0.15) is 18.7 Å². The van der Waals surface area contributed by atoms with E-state index in [0.717, 1.165) is 12.8 Å². The summed E-state index contributed by atoms with van der Waals surface area (Å²) >= 11 is 6.09. The Labute approximate surface area is 126 Å². The number of carboxylic acid groups (broad SMARTS) is 1. The fourth-order valence-electron chi connectivity index (χ4n) is 2.17. The lowest BCUT2D eigenvalue weighted by atomic mass is 10.2. The second-order valence-corrected chi connectivity index (χ2v) is 5.43. The van der Waals surface area contributed by atoms with Crippen molar-refractivity contribution < 1.29 is 14.4 Å². The first-order valence-electron chi connectivity index (χ1n) is 6.67. The zero-order valence-electron chi connectivity index (χ0n) is 11.2. The van der Waals surface area contributed by atoms with Gasteiger partial charge in [0.15, 0.2) is 5.82 Å². The van der Waals surface area contributed by atoms with Crippen LogP contribution in [0.5, 0.6) is 0 Å². The monoisotopic (exact) mass is 307 g/mol. The molecular formula is C14H14ClN3O3. The van der Waals surface area contributed by atoms with Crippen molar-refractivity contribution >= 4 is 17.6 Å². The average molecular weight is 308 g/mol. The van der Waals surface area contributed by atoms with Crippen molar-refractivity contribution in [3.8, 4) is 11.5 Å². The molecule has 0 amide bonds. The number of nitrogens with zero attached hydrogens (tertiary/aromatic N) is 3. The number of benzene rings is 1. The zero-order valence-corrected chi connectivity index (χ0v) is 12.0. The van der Waals surface area contributed by atoms with Crippen LogP contribution >= 0.6 is 11.6 Å². The van der Waals surface area contributed by atoms with Gasteiger partial charge in [-0.1, -0.05) is 28.9 Å². The lowest BCUT2D eigenvalue weighted by Gasteiger charge is -2.16. The van der Waals surface area contributed by atoms with Gasteiger partial charge in [0, 0.05) is 6.04 Å². The Morgan fingerprint density at radius 2 is 2.19 bits per heavy atom. The summed E-state index contributed by atoms with van der Waals surface area (Å²) in [5.41, 5.74) is 0.675. The van der Waals surface area contributed by atoms with E-state index in [0.29, 0.717) is 34.9 Å². The highest BCUT2D eigenvalue weighted by atomic mass is 35.5. The van der Waals surface area contributed by atoms with Crippen LogP contribution in [0.3, 0.4) is 0 Å². The molecule has 1 N–H and O–H groups in total. The van der Waals surface area contributed by atoms with E-state index < -0.39 is 5.97 Å². The number of hydrogen-bond acceptors (Lipinski definition) is 5. The fraction of sp³-hybridized carbons (Fsp3) is 0.357. The minimum absolute atomic E-state index is 0.0133.